The number of carbonyl (C=O) groups excluding carboxylic acids is 1. The topological polar surface area (TPSA) is 145 Å². The van der Waals surface area contributed by atoms with E-state index in [0.29, 0.717) is 55.9 Å². The van der Waals surface area contributed by atoms with Gasteiger partial charge < -0.3 is 25.0 Å². The Morgan fingerprint density at radius 3 is 2.58 bits per heavy atom. The van der Waals surface area contributed by atoms with Crippen LogP contribution in [0.15, 0.2) is 59.8 Å². The van der Waals surface area contributed by atoms with E-state index in [0.717, 1.165) is 32.8 Å². The number of aromatic nitrogens is 6. The van der Waals surface area contributed by atoms with Crippen LogP contribution in [0.25, 0.3) is 22.2 Å². The molecule has 0 radical (unpaired) electrons. The summed E-state index contributed by atoms with van der Waals surface area (Å²) in [5, 5.41) is 11.9. The van der Waals surface area contributed by atoms with E-state index >= 15 is 0 Å². The van der Waals surface area contributed by atoms with Crippen LogP contribution in [-0.2, 0) is 24.9 Å². The quantitative estimate of drug-likeness (QED) is 0.214. The van der Waals surface area contributed by atoms with E-state index in [9.17, 15) is 9.59 Å². The standard InChI is InChI=1S/C32H34Cl2N10O4/c1-41(2)32(46)37-18-21-15-22(19-35-29(21)48-26-7-8-44(40-26)10-9-43-11-13-47-14-12-43)38-31-36-17-20-16-23(30(45)42(3)28(20)39-31)27-24(33)5-4-6-25(27)34/h4-8,15-17,19H,9-14,18H2,1-3H3,(H,37,46)(H,36,38,39). The molecular weight excluding hydrogens is 659 g/mol. The van der Waals surface area contributed by atoms with Crippen molar-refractivity contribution in [2.45, 2.75) is 13.1 Å². The maximum Gasteiger partial charge on any atom is 0.317 e. The Labute approximate surface area is 286 Å². The smallest absolute Gasteiger partial charge is 0.317 e. The second-order valence-corrected chi connectivity index (χ2v) is 12.1. The lowest BCUT2D eigenvalue weighted by atomic mass is 10.1. The molecule has 14 nitrogen and oxygen atoms in total. The number of anilines is 2. The number of nitrogens with one attached hydrogen (secondary N) is 2. The molecule has 4 aromatic heterocycles. The summed E-state index contributed by atoms with van der Waals surface area (Å²) in [5.41, 5.74) is 2.01. The van der Waals surface area contributed by atoms with Gasteiger partial charge in [-0.2, -0.15) is 4.98 Å². The number of benzene rings is 1. The van der Waals surface area contributed by atoms with Crippen molar-refractivity contribution in [1.29, 1.82) is 0 Å². The lowest BCUT2D eigenvalue weighted by Gasteiger charge is -2.26. The number of morpholine rings is 1. The minimum absolute atomic E-state index is 0.132. The fourth-order valence-electron chi connectivity index (χ4n) is 5.17. The molecule has 0 unspecified atom stereocenters. The summed E-state index contributed by atoms with van der Waals surface area (Å²) in [6.45, 7) is 4.98. The molecule has 1 saturated heterocycles. The van der Waals surface area contributed by atoms with Crippen LogP contribution in [0.2, 0.25) is 10.0 Å². The van der Waals surface area contributed by atoms with Gasteiger partial charge in [-0.25, -0.2) is 14.8 Å². The zero-order chi connectivity index (χ0) is 33.8. The number of pyridine rings is 2. The van der Waals surface area contributed by atoms with Gasteiger partial charge in [0, 0.05) is 82.3 Å². The second kappa shape index (κ2) is 14.6. The van der Waals surface area contributed by atoms with E-state index in [2.05, 4.69) is 35.6 Å². The molecule has 0 bridgehead atoms. The number of urea groups is 1. The first-order chi connectivity index (χ1) is 23.2. The molecule has 1 aliphatic rings. The van der Waals surface area contributed by atoms with Crippen molar-refractivity contribution < 1.29 is 14.3 Å². The minimum atomic E-state index is -0.312. The Balaban J connectivity index is 1.23. The van der Waals surface area contributed by atoms with Gasteiger partial charge in [-0.05, 0) is 24.3 Å². The lowest BCUT2D eigenvalue weighted by molar-refractivity contribution is 0.0359. The van der Waals surface area contributed by atoms with E-state index in [4.69, 9.17) is 32.7 Å². The van der Waals surface area contributed by atoms with E-state index in [1.807, 2.05) is 10.9 Å². The number of rotatable bonds is 10. The third-order valence-electron chi connectivity index (χ3n) is 7.76. The number of halogens is 2. The summed E-state index contributed by atoms with van der Waals surface area (Å²) in [5.74, 6) is 0.894. The molecular formula is C32H34Cl2N10O4. The molecule has 6 rings (SSSR count). The predicted molar refractivity (Wildman–Crippen MR) is 183 cm³/mol. The average molecular weight is 694 g/mol. The van der Waals surface area contributed by atoms with E-state index in [-0.39, 0.29) is 30.0 Å². The monoisotopic (exact) mass is 692 g/mol. The van der Waals surface area contributed by atoms with Crippen LogP contribution >= 0.6 is 23.2 Å². The fourth-order valence-corrected chi connectivity index (χ4v) is 5.77. The Morgan fingerprint density at radius 2 is 1.83 bits per heavy atom. The maximum absolute atomic E-state index is 13.4. The molecule has 2 N–H and O–H groups in total. The molecule has 1 aliphatic heterocycles. The largest absolute Gasteiger partial charge is 0.419 e. The molecule has 0 saturated carbocycles. The first-order valence-electron chi connectivity index (χ1n) is 15.2. The number of aryl methyl sites for hydroxylation is 1. The highest BCUT2D eigenvalue weighted by Gasteiger charge is 2.18. The van der Waals surface area contributed by atoms with Crippen molar-refractivity contribution in [3.8, 4) is 22.9 Å². The van der Waals surface area contributed by atoms with Crippen molar-refractivity contribution in [3.05, 3.63) is 81.0 Å². The van der Waals surface area contributed by atoms with Crippen LogP contribution < -0.4 is 20.9 Å². The summed E-state index contributed by atoms with van der Waals surface area (Å²) in [7, 11) is 4.94. The van der Waals surface area contributed by atoms with E-state index in [1.54, 1.807) is 69.9 Å². The Morgan fingerprint density at radius 1 is 1.06 bits per heavy atom. The van der Waals surface area contributed by atoms with Crippen LogP contribution in [0.4, 0.5) is 16.4 Å². The first kappa shape index (κ1) is 33.2. The number of amides is 2. The number of hydrogen-bond donors (Lipinski definition) is 2. The summed E-state index contributed by atoms with van der Waals surface area (Å²) in [6, 6.07) is 10.0. The molecule has 250 valence electrons. The van der Waals surface area contributed by atoms with Crippen LogP contribution in [0, 0.1) is 0 Å². The molecule has 16 heteroatoms. The van der Waals surface area contributed by atoms with Crippen molar-refractivity contribution in [1.82, 2.24) is 44.4 Å². The van der Waals surface area contributed by atoms with Gasteiger partial charge in [-0.15, -0.1) is 5.10 Å². The number of carbonyl (C=O) groups is 1. The van der Waals surface area contributed by atoms with Gasteiger partial charge in [0.25, 0.3) is 5.56 Å². The van der Waals surface area contributed by atoms with Crippen molar-refractivity contribution in [3.63, 3.8) is 0 Å². The summed E-state index contributed by atoms with van der Waals surface area (Å²) >= 11 is 12.8. The minimum Gasteiger partial charge on any atom is -0.419 e. The Kier molecular flexibility index (Phi) is 10.1. The highest BCUT2D eigenvalue weighted by atomic mass is 35.5. The van der Waals surface area contributed by atoms with Crippen molar-refractivity contribution >= 4 is 51.9 Å². The molecule has 5 heterocycles. The Bertz CT molecular complexity index is 1990. The molecule has 2 amide bonds. The summed E-state index contributed by atoms with van der Waals surface area (Å²) in [6.07, 6.45) is 5.03. The summed E-state index contributed by atoms with van der Waals surface area (Å²) in [4.78, 5) is 43.1. The SMILES string of the molecule is CN(C)C(=O)NCc1cc(Nc2ncc3cc(-c4c(Cl)cccc4Cl)c(=O)n(C)c3n2)cnc1Oc1ccn(CCN2CCOCC2)n1. The molecule has 0 spiro atoms. The first-order valence-corrected chi connectivity index (χ1v) is 16.0. The van der Waals surface area contributed by atoms with Crippen molar-refractivity contribution in [2.24, 2.45) is 7.05 Å². The predicted octanol–water partition coefficient (Wildman–Crippen LogP) is 4.53. The number of ether oxygens (including phenoxy) is 2. The van der Waals surface area contributed by atoms with Gasteiger partial charge in [-0.1, -0.05) is 29.3 Å². The van der Waals surface area contributed by atoms with Crippen molar-refractivity contribution in [2.75, 3.05) is 52.3 Å². The average Bonchev–Trinajstić information content (AvgIpc) is 3.53. The fraction of sp³-hybridized carbons (Fsp3) is 0.312. The number of fused-ring (bicyclic) bond motifs is 1. The van der Waals surface area contributed by atoms with Crippen LogP contribution in [0.5, 0.6) is 11.8 Å². The third-order valence-corrected chi connectivity index (χ3v) is 8.39. The number of nitrogens with zero attached hydrogens (tertiary/aromatic N) is 8. The summed E-state index contributed by atoms with van der Waals surface area (Å²) < 4.78 is 14.7. The molecule has 0 aliphatic carbocycles. The molecule has 5 aromatic rings. The molecule has 1 fully saturated rings. The van der Waals surface area contributed by atoms with Gasteiger partial charge in [0.15, 0.2) is 0 Å². The van der Waals surface area contributed by atoms with Gasteiger partial charge in [0.2, 0.25) is 17.7 Å². The zero-order valence-corrected chi connectivity index (χ0v) is 28.1. The Hall–Kier alpha value is -4.76. The highest BCUT2D eigenvalue weighted by molar-refractivity contribution is 6.39. The van der Waals surface area contributed by atoms with Gasteiger partial charge in [0.05, 0.1) is 47.3 Å². The highest BCUT2D eigenvalue weighted by Crippen LogP contribution is 2.34. The van der Waals surface area contributed by atoms with Crippen LogP contribution in [0.3, 0.4) is 0 Å². The van der Waals surface area contributed by atoms with Gasteiger partial charge in [-0.3, -0.25) is 18.9 Å². The van der Waals surface area contributed by atoms with Gasteiger partial charge in [0.1, 0.15) is 5.65 Å². The maximum atomic E-state index is 13.4. The van der Waals surface area contributed by atoms with Crippen LogP contribution in [-0.4, -0.2) is 92.1 Å². The number of hydrogen-bond acceptors (Lipinski definition) is 10. The second-order valence-electron chi connectivity index (χ2n) is 11.3. The zero-order valence-electron chi connectivity index (χ0n) is 26.6. The third kappa shape index (κ3) is 7.52. The lowest BCUT2D eigenvalue weighted by Crippen LogP contribution is -2.38. The van der Waals surface area contributed by atoms with E-state index < -0.39 is 0 Å². The van der Waals surface area contributed by atoms with Crippen LogP contribution in [0.1, 0.15) is 5.56 Å². The molecule has 48 heavy (non-hydrogen) atoms. The van der Waals surface area contributed by atoms with E-state index in [1.165, 1.54) is 9.47 Å². The molecule has 1 aromatic carbocycles. The van der Waals surface area contributed by atoms with Gasteiger partial charge >= 0.3 is 6.03 Å². The normalized spacial score (nSPS) is 13.4. The molecule has 0 atom stereocenters.